The van der Waals surface area contributed by atoms with Gasteiger partial charge in [-0.3, -0.25) is 4.90 Å². The van der Waals surface area contributed by atoms with E-state index < -0.39 is 0 Å². The van der Waals surface area contributed by atoms with Gasteiger partial charge in [0.15, 0.2) is 0 Å². The van der Waals surface area contributed by atoms with E-state index in [0.29, 0.717) is 48.7 Å². The zero-order valence-corrected chi connectivity index (χ0v) is 26.8. The smallest absolute Gasteiger partial charge is 0.407 e. The van der Waals surface area contributed by atoms with Crippen molar-refractivity contribution in [2.24, 2.45) is 46.5 Å². The van der Waals surface area contributed by atoms with Gasteiger partial charge in [-0.05, 0) is 85.5 Å². The maximum Gasteiger partial charge on any atom is 0.407 e. The molecule has 3 aliphatic rings. The minimum atomic E-state index is -0.341. The first kappa shape index (κ1) is 33.6. The summed E-state index contributed by atoms with van der Waals surface area (Å²) in [6, 6.07) is 0. The van der Waals surface area contributed by atoms with Crippen LogP contribution < -0.4 is 16.8 Å². The van der Waals surface area contributed by atoms with E-state index in [4.69, 9.17) is 16.2 Å². The van der Waals surface area contributed by atoms with E-state index in [9.17, 15) is 4.79 Å². The fraction of sp³-hybridized carbons (Fsp3) is 0.743. The van der Waals surface area contributed by atoms with Gasteiger partial charge in [-0.15, -0.1) is 0 Å². The van der Waals surface area contributed by atoms with Gasteiger partial charge in [-0.2, -0.15) is 0 Å². The van der Waals surface area contributed by atoms with Gasteiger partial charge in [0.05, 0.1) is 0 Å². The molecule has 0 aromatic carbocycles. The predicted molar refractivity (Wildman–Crippen MR) is 172 cm³/mol. The van der Waals surface area contributed by atoms with E-state index in [-0.39, 0.29) is 12.2 Å². The number of hydrogen-bond acceptors (Lipinski definition) is 5. The van der Waals surface area contributed by atoms with Crippen molar-refractivity contribution >= 4 is 6.09 Å². The Morgan fingerprint density at radius 1 is 1.07 bits per heavy atom. The minimum absolute atomic E-state index is 0.109. The van der Waals surface area contributed by atoms with E-state index >= 15 is 0 Å². The molecule has 0 spiro atoms. The molecule has 5 N–H and O–H groups in total. The van der Waals surface area contributed by atoms with Crippen LogP contribution in [0.2, 0.25) is 0 Å². The first-order chi connectivity index (χ1) is 19.6. The van der Waals surface area contributed by atoms with Gasteiger partial charge >= 0.3 is 6.09 Å². The molecule has 0 radical (unpaired) electrons. The van der Waals surface area contributed by atoms with Crippen molar-refractivity contribution in [2.75, 3.05) is 39.3 Å². The van der Waals surface area contributed by atoms with Gasteiger partial charge in [-0.25, -0.2) is 4.79 Å². The number of nitrogens with zero attached hydrogens (tertiary/aromatic N) is 1. The van der Waals surface area contributed by atoms with Crippen molar-refractivity contribution in [2.45, 2.75) is 92.1 Å². The van der Waals surface area contributed by atoms with Crippen LogP contribution in [0.1, 0.15) is 86.0 Å². The number of rotatable bonds is 13. The Hall–Kier alpha value is -1.89. The summed E-state index contributed by atoms with van der Waals surface area (Å²) in [5.74, 6) is 3.36. The van der Waals surface area contributed by atoms with E-state index in [1.807, 2.05) is 0 Å². The number of ether oxygens (including phenoxy) is 1. The van der Waals surface area contributed by atoms with E-state index in [2.05, 4.69) is 75.7 Å². The van der Waals surface area contributed by atoms with Gasteiger partial charge in [0.25, 0.3) is 0 Å². The van der Waals surface area contributed by atoms with Crippen molar-refractivity contribution in [1.82, 2.24) is 10.2 Å². The highest BCUT2D eigenvalue weighted by atomic mass is 16.6. The Morgan fingerprint density at radius 2 is 1.80 bits per heavy atom. The molecule has 0 aromatic heterocycles. The van der Waals surface area contributed by atoms with Gasteiger partial charge in [0.2, 0.25) is 0 Å². The number of nitrogens with two attached hydrogens (primary N) is 2. The molecule has 6 nitrogen and oxygen atoms in total. The largest absolute Gasteiger partial charge is 0.446 e. The lowest BCUT2D eigenvalue weighted by Gasteiger charge is -2.44. The third kappa shape index (κ3) is 9.30. The molecule has 0 saturated heterocycles. The third-order valence-corrected chi connectivity index (χ3v) is 10.5. The topological polar surface area (TPSA) is 93.6 Å². The van der Waals surface area contributed by atoms with Gasteiger partial charge in [-0.1, -0.05) is 76.6 Å². The second kappa shape index (κ2) is 16.1. The van der Waals surface area contributed by atoms with Crippen LogP contribution in [0.5, 0.6) is 0 Å². The number of allylic oxidation sites excluding steroid dienone is 6. The lowest BCUT2D eigenvalue weighted by Crippen LogP contribution is -2.40. The maximum absolute atomic E-state index is 12.5. The second-order valence-electron chi connectivity index (χ2n) is 13.6. The Kier molecular flexibility index (Phi) is 13.2. The summed E-state index contributed by atoms with van der Waals surface area (Å²) in [5, 5.41) is 2.91. The average Bonchev–Trinajstić information content (AvgIpc) is 3.29. The molecule has 0 aromatic rings. The highest BCUT2D eigenvalue weighted by Gasteiger charge is 2.50. The molecule has 3 fully saturated rings. The summed E-state index contributed by atoms with van der Waals surface area (Å²) >= 11 is 0. The van der Waals surface area contributed by atoms with Crippen LogP contribution in [0.4, 0.5) is 4.79 Å². The van der Waals surface area contributed by atoms with Crippen LogP contribution in [0, 0.1) is 35.0 Å². The van der Waals surface area contributed by atoms with Crippen LogP contribution in [-0.2, 0) is 4.74 Å². The summed E-state index contributed by atoms with van der Waals surface area (Å²) < 4.78 is 5.82. The fourth-order valence-corrected chi connectivity index (χ4v) is 7.54. The molecular formula is C35H60N4O2. The maximum atomic E-state index is 12.5. The zero-order chi connectivity index (χ0) is 30.0. The van der Waals surface area contributed by atoms with Crippen molar-refractivity contribution in [3.8, 4) is 0 Å². The number of carbonyl (C=O) groups excluding carboxylic acids is 1. The van der Waals surface area contributed by atoms with Gasteiger partial charge in [0.1, 0.15) is 6.10 Å². The van der Waals surface area contributed by atoms with Crippen molar-refractivity contribution in [1.29, 1.82) is 0 Å². The average molecular weight is 569 g/mol. The summed E-state index contributed by atoms with van der Waals surface area (Å²) in [4.78, 5) is 14.7. The summed E-state index contributed by atoms with van der Waals surface area (Å²) in [7, 11) is 0. The molecule has 0 bridgehead atoms. The molecule has 1 amide bonds. The quantitative estimate of drug-likeness (QED) is 0.218. The fourth-order valence-electron chi connectivity index (χ4n) is 7.54. The SMILES string of the molecule is C=C1CC[C@H](OC(=O)NCCN(CCN)CCN)C/C1=C/C=C1\CCC[C@]2(C)[C@@H]([C@H](C)/C=C/[C@H](C)C(C)C)CC[C@@H]12. The van der Waals surface area contributed by atoms with Crippen LogP contribution in [0.25, 0.3) is 0 Å². The predicted octanol–water partition coefficient (Wildman–Crippen LogP) is 6.59. The third-order valence-electron chi connectivity index (χ3n) is 10.5. The second-order valence-corrected chi connectivity index (χ2v) is 13.6. The number of nitrogens with one attached hydrogen (secondary N) is 1. The molecule has 0 unspecified atom stereocenters. The zero-order valence-electron chi connectivity index (χ0n) is 26.8. The highest BCUT2D eigenvalue weighted by molar-refractivity contribution is 5.67. The monoisotopic (exact) mass is 568 g/mol. The lowest BCUT2D eigenvalue weighted by molar-refractivity contribution is 0.0886. The van der Waals surface area contributed by atoms with E-state index in [1.165, 1.54) is 43.3 Å². The molecule has 41 heavy (non-hydrogen) atoms. The molecule has 0 heterocycles. The first-order valence-corrected chi connectivity index (χ1v) is 16.4. The molecule has 6 atom stereocenters. The summed E-state index contributed by atoms with van der Waals surface area (Å²) in [5.41, 5.74) is 15.8. The van der Waals surface area contributed by atoms with Crippen LogP contribution in [-0.4, -0.2) is 56.4 Å². The summed E-state index contributed by atoms with van der Waals surface area (Å²) in [6.45, 7) is 20.3. The molecule has 3 aliphatic carbocycles. The van der Waals surface area contributed by atoms with E-state index in [0.717, 1.165) is 44.8 Å². The Bertz CT molecular complexity index is 948. The van der Waals surface area contributed by atoms with Crippen molar-refractivity contribution in [3.05, 3.63) is 47.6 Å². The molecule has 0 aliphatic heterocycles. The van der Waals surface area contributed by atoms with Crippen LogP contribution in [0.3, 0.4) is 0 Å². The van der Waals surface area contributed by atoms with Gasteiger partial charge < -0.3 is 21.5 Å². The number of carbonyl (C=O) groups is 1. The normalized spacial score (nSPS) is 30.4. The molecule has 3 saturated carbocycles. The molecule has 232 valence electrons. The van der Waals surface area contributed by atoms with Crippen molar-refractivity contribution < 1.29 is 9.53 Å². The number of amides is 1. The molecule has 6 heteroatoms. The lowest BCUT2D eigenvalue weighted by atomic mass is 9.61. The Labute approximate surface area is 251 Å². The minimum Gasteiger partial charge on any atom is -0.446 e. The Morgan fingerprint density at radius 3 is 2.49 bits per heavy atom. The molecule has 3 rings (SSSR count). The first-order valence-electron chi connectivity index (χ1n) is 16.4. The molecular weight excluding hydrogens is 508 g/mol. The standard InChI is InChI=1S/C35H60N4O2/c1-25(2)26(3)9-10-28(5)32-15-16-33-29(8-7-17-35(32,33)6)12-13-30-24-31(14-11-27(30)4)41-34(40)38-20-23-39(21-18-36)22-19-37/h9-10,12-13,25-26,28,31-33H,4,7-8,11,14-24,36-37H2,1-3,5-6H3,(H,38,40)/b10-9+,29-12+,30-13-/t26-,28+,31-,32+,33-,35+/m0/s1. The number of alkyl carbamates (subject to hydrolysis) is 1. The highest BCUT2D eigenvalue weighted by Crippen LogP contribution is 2.59. The summed E-state index contributed by atoms with van der Waals surface area (Å²) in [6.07, 6.45) is 18.1. The van der Waals surface area contributed by atoms with E-state index in [1.54, 1.807) is 5.57 Å². The van der Waals surface area contributed by atoms with Crippen LogP contribution in [0.15, 0.2) is 47.6 Å². The van der Waals surface area contributed by atoms with Crippen LogP contribution >= 0.6 is 0 Å². The number of fused-ring (bicyclic) bond motifs is 1. The van der Waals surface area contributed by atoms with Crippen molar-refractivity contribution in [3.63, 3.8) is 0 Å². The van der Waals surface area contributed by atoms with Gasteiger partial charge in [0, 0.05) is 45.7 Å². The Balaban J connectivity index is 1.59. The number of hydrogen-bond donors (Lipinski definition) is 3.